The van der Waals surface area contributed by atoms with Crippen LogP contribution < -0.4 is 0 Å². The molecule has 6 heteroatoms. The Labute approximate surface area is 141 Å². The number of hydrogen-bond acceptors (Lipinski definition) is 4. The maximum absolute atomic E-state index is 11.4. The molecule has 0 aliphatic heterocycles. The monoisotopic (exact) mass is 341 g/mol. The number of nitro groups is 1. The van der Waals surface area contributed by atoms with Crippen LogP contribution in [0.15, 0.2) is 48.5 Å². The number of aliphatic hydroxyl groups is 1. The van der Waals surface area contributed by atoms with Gasteiger partial charge in [-0.15, -0.1) is 0 Å². The second-order valence-corrected chi connectivity index (χ2v) is 6.34. The molecule has 5 nitrogen and oxygen atoms in total. The molecule has 24 heavy (non-hydrogen) atoms. The Kier molecular flexibility index (Phi) is 3.07. The van der Waals surface area contributed by atoms with E-state index >= 15 is 0 Å². The third-order valence-electron chi connectivity index (χ3n) is 4.60. The summed E-state index contributed by atoms with van der Waals surface area (Å²) in [5.41, 5.74) is -0.195. The topological polar surface area (TPSA) is 83.6 Å². The second-order valence-electron chi connectivity index (χ2n) is 5.90. The molecule has 0 bridgehead atoms. The van der Waals surface area contributed by atoms with E-state index in [4.69, 9.17) is 11.6 Å². The third kappa shape index (κ3) is 1.85. The third-order valence-corrected chi connectivity index (χ3v) is 4.83. The minimum atomic E-state index is -1.32. The average molecular weight is 342 g/mol. The van der Waals surface area contributed by atoms with E-state index < -0.39 is 16.3 Å². The molecule has 0 saturated carbocycles. The van der Waals surface area contributed by atoms with Gasteiger partial charge in [0.15, 0.2) is 0 Å². The minimum absolute atomic E-state index is 0.0782. The number of nitro benzene ring substituents is 1. The summed E-state index contributed by atoms with van der Waals surface area (Å²) in [5.74, 6) is -0.411. The van der Waals surface area contributed by atoms with E-state index in [9.17, 15) is 20.3 Å². The van der Waals surface area contributed by atoms with Crippen molar-refractivity contribution in [2.75, 3.05) is 0 Å². The van der Waals surface area contributed by atoms with Crippen molar-refractivity contribution in [1.29, 1.82) is 0 Å². The molecule has 0 fully saturated rings. The highest BCUT2D eigenvalue weighted by Gasteiger charge is 2.49. The quantitative estimate of drug-likeness (QED) is 0.547. The van der Waals surface area contributed by atoms with Crippen molar-refractivity contribution in [3.05, 3.63) is 80.4 Å². The Bertz CT molecular complexity index is 1000. The number of nitrogens with zero attached hydrogens (tertiary/aromatic N) is 1. The van der Waals surface area contributed by atoms with Crippen molar-refractivity contribution in [2.24, 2.45) is 0 Å². The average Bonchev–Trinajstić information content (AvgIpc) is 2.55. The Hall–Kier alpha value is -2.63. The molecule has 0 aromatic heterocycles. The lowest BCUT2D eigenvalue weighted by atomic mass is 9.66. The first-order chi connectivity index (χ1) is 11.4. The largest absolute Gasteiger partial charge is 0.502 e. The number of fused-ring (bicyclic) bond motifs is 3. The van der Waals surface area contributed by atoms with Crippen LogP contribution in [-0.2, 0) is 12.0 Å². The van der Waals surface area contributed by atoms with Gasteiger partial charge >= 0.3 is 5.69 Å². The van der Waals surface area contributed by atoms with E-state index in [0.29, 0.717) is 27.1 Å². The summed E-state index contributed by atoms with van der Waals surface area (Å²) >= 11 is 5.98. The first-order valence-electron chi connectivity index (χ1n) is 7.33. The van der Waals surface area contributed by atoms with Crippen molar-refractivity contribution < 1.29 is 15.1 Å². The van der Waals surface area contributed by atoms with E-state index in [2.05, 4.69) is 0 Å². The van der Waals surface area contributed by atoms with Gasteiger partial charge in [-0.3, -0.25) is 10.1 Å². The predicted octanol–water partition coefficient (Wildman–Crippen LogP) is 3.90. The van der Waals surface area contributed by atoms with Gasteiger partial charge in [-0.05, 0) is 23.1 Å². The van der Waals surface area contributed by atoms with Gasteiger partial charge in [-0.1, -0.05) is 48.0 Å². The first kappa shape index (κ1) is 14.9. The number of rotatable bonds is 2. The molecular weight excluding hydrogens is 330 g/mol. The zero-order valence-electron chi connectivity index (χ0n) is 12.4. The highest BCUT2D eigenvalue weighted by atomic mass is 35.5. The van der Waals surface area contributed by atoms with Crippen molar-refractivity contribution >= 4 is 28.1 Å². The molecule has 0 unspecified atom stereocenters. The SMILES string of the molecule is O=[N+]([O-])c1c2c(c3ccc(Cl)cc3c1O)[C@@](O)(c1ccccc1)C2. The van der Waals surface area contributed by atoms with Crippen LogP contribution in [0.2, 0.25) is 5.02 Å². The molecule has 4 rings (SSSR count). The number of halogens is 1. The molecule has 3 aromatic rings. The van der Waals surface area contributed by atoms with Crippen LogP contribution in [-0.4, -0.2) is 15.1 Å². The van der Waals surface area contributed by atoms with Crippen molar-refractivity contribution in [3.63, 3.8) is 0 Å². The van der Waals surface area contributed by atoms with Crippen LogP contribution >= 0.6 is 11.6 Å². The Morgan fingerprint density at radius 2 is 1.83 bits per heavy atom. The van der Waals surface area contributed by atoms with Crippen molar-refractivity contribution in [2.45, 2.75) is 12.0 Å². The Morgan fingerprint density at radius 3 is 2.50 bits per heavy atom. The Balaban J connectivity index is 2.10. The van der Waals surface area contributed by atoms with Crippen LogP contribution in [0.25, 0.3) is 10.8 Å². The predicted molar refractivity (Wildman–Crippen MR) is 90.4 cm³/mol. The lowest BCUT2D eigenvalue weighted by Gasteiger charge is -2.40. The molecule has 3 aromatic carbocycles. The molecular formula is C18H12ClNO4. The lowest BCUT2D eigenvalue weighted by molar-refractivity contribution is -0.387. The van der Waals surface area contributed by atoms with Gasteiger partial charge < -0.3 is 10.2 Å². The van der Waals surface area contributed by atoms with Crippen LogP contribution in [0, 0.1) is 10.1 Å². The molecule has 0 saturated heterocycles. The molecule has 1 atom stereocenters. The minimum Gasteiger partial charge on any atom is -0.502 e. The zero-order chi connectivity index (χ0) is 17.1. The van der Waals surface area contributed by atoms with Crippen LogP contribution in [0.1, 0.15) is 16.7 Å². The van der Waals surface area contributed by atoms with Gasteiger partial charge in [0.1, 0.15) is 5.60 Å². The summed E-state index contributed by atoms with van der Waals surface area (Å²) < 4.78 is 0. The summed E-state index contributed by atoms with van der Waals surface area (Å²) in [6, 6.07) is 13.8. The molecule has 2 N–H and O–H groups in total. The highest BCUT2D eigenvalue weighted by Crippen LogP contribution is 2.55. The summed E-state index contributed by atoms with van der Waals surface area (Å²) in [6.45, 7) is 0. The van der Waals surface area contributed by atoms with Crippen LogP contribution in [0.5, 0.6) is 5.75 Å². The van der Waals surface area contributed by atoms with E-state index in [1.165, 1.54) is 6.07 Å². The summed E-state index contributed by atoms with van der Waals surface area (Å²) in [4.78, 5) is 10.8. The molecule has 0 spiro atoms. The number of hydrogen-bond donors (Lipinski definition) is 2. The highest BCUT2D eigenvalue weighted by molar-refractivity contribution is 6.31. The van der Waals surface area contributed by atoms with E-state index in [1.54, 1.807) is 36.4 Å². The number of phenolic OH excluding ortho intramolecular Hbond substituents is 1. The molecule has 0 heterocycles. The number of phenols is 1. The van der Waals surface area contributed by atoms with Gasteiger partial charge in [0.05, 0.1) is 4.92 Å². The van der Waals surface area contributed by atoms with Gasteiger partial charge in [0, 0.05) is 28.0 Å². The van der Waals surface area contributed by atoms with Gasteiger partial charge in [-0.25, -0.2) is 0 Å². The fourth-order valence-electron chi connectivity index (χ4n) is 3.52. The molecule has 0 amide bonds. The number of aromatic hydroxyl groups is 1. The van der Waals surface area contributed by atoms with E-state index in [0.717, 1.165) is 0 Å². The fourth-order valence-corrected chi connectivity index (χ4v) is 3.69. The van der Waals surface area contributed by atoms with Gasteiger partial charge in [0.25, 0.3) is 0 Å². The first-order valence-corrected chi connectivity index (χ1v) is 7.71. The summed E-state index contributed by atoms with van der Waals surface area (Å²) in [5, 5.41) is 34.1. The maximum atomic E-state index is 11.4. The molecule has 0 radical (unpaired) electrons. The number of benzene rings is 3. The smallest absolute Gasteiger partial charge is 0.315 e. The van der Waals surface area contributed by atoms with Crippen molar-refractivity contribution in [1.82, 2.24) is 0 Å². The van der Waals surface area contributed by atoms with E-state index in [-0.39, 0.29) is 17.5 Å². The zero-order valence-corrected chi connectivity index (χ0v) is 13.1. The second kappa shape index (κ2) is 4.93. The van der Waals surface area contributed by atoms with Crippen LogP contribution in [0.4, 0.5) is 5.69 Å². The summed E-state index contributed by atoms with van der Waals surface area (Å²) in [7, 11) is 0. The standard InChI is InChI=1S/C18H12ClNO4/c19-11-6-7-12-13(8-11)17(21)16(20(23)24)14-9-18(22,15(12)14)10-4-2-1-3-5-10/h1-8,21-22H,9H2/t18-/m0/s1. The van der Waals surface area contributed by atoms with Gasteiger partial charge in [0.2, 0.25) is 5.75 Å². The Morgan fingerprint density at radius 1 is 1.12 bits per heavy atom. The molecule has 120 valence electrons. The fraction of sp³-hybridized carbons (Fsp3) is 0.111. The van der Waals surface area contributed by atoms with Gasteiger partial charge in [-0.2, -0.15) is 0 Å². The van der Waals surface area contributed by atoms with Crippen LogP contribution in [0.3, 0.4) is 0 Å². The molecule has 1 aliphatic rings. The summed E-state index contributed by atoms with van der Waals surface area (Å²) in [6.07, 6.45) is 0.0782. The molecule has 1 aliphatic carbocycles. The van der Waals surface area contributed by atoms with Crippen molar-refractivity contribution in [3.8, 4) is 5.75 Å². The van der Waals surface area contributed by atoms with E-state index in [1.807, 2.05) is 6.07 Å². The lowest BCUT2D eigenvalue weighted by Crippen LogP contribution is -2.40. The maximum Gasteiger partial charge on any atom is 0.315 e. The normalized spacial score (nSPS) is 18.9.